The van der Waals surface area contributed by atoms with Gasteiger partial charge in [-0.1, -0.05) is 42.5 Å². The molecule has 0 aromatic heterocycles. The molecule has 1 aliphatic carbocycles. The maximum absolute atomic E-state index is 5.95. The zero-order valence-corrected chi connectivity index (χ0v) is 11.5. The summed E-state index contributed by atoms with van der Waals surface area (Å²) in [6, 6.07) is 15.3. The lowest BCUT2D eigenvalue weighted by atomic mass is 9.76. The molecule has 2 aromatic rings. The van der Waals surface area contributed by atoms with Gasteiger partial charge in [0.2, 0.25) is 0 Å². The van der Waals surface area contributed by atoms with Crippen LogP contribution in [0.1, 0.15) is 30.9 Å². The Balaban J connectivity index is 0.000000581. The molecular formula is C17H20N2O. The molecule has 2 aliphatic rings. The second kappa shape index (κ2) is 5.75. The van der Waals surface area contributed by atoms with Crippen molar-refractivity contribution in [2.75, 3.05) is 6.61 Å². The molecule has 3 nitrogen and oxygen atoms in total. The van der Waals surface area contributed by atoms with Gasteiger partial charge in [-0.3, -0.25) is 11.7 Å². The van der Waals surface area contributed by atoms with Gasteiger partial charge in [-0.2, -0.15) is 0 Å². The molecule has 0 amide bonds. The minimum atomic E-state index is 0.307. The predicted octanol–water partition coefficient (Wildman–Crippen LogP) is 3.39. The Labute approximate surface area is 119 Å². The van der Waals surface area contributed by atoms with Crippen LogP contribution in [0.5, 0.6) is 0 Å². The Kier molecular flexibility index (Phi) is 3.83. The molecule has 2 aromatic carbocycles. The lowest BCUT2D eigenvalue weighted by Crippen LogP contribution is -2.14. The fraction of sp³-hybridized carbons (Fsp3) is 0.294. The van der Waals surface area contributed by atoms with Gasteiger partial charge in [-0.05, 0) is 47.1 Å². The van der Waals surface area contributed by atoms with Crippen LogP contribution in [0.4, 0.5) is 0 Å². The first-order chi connectivity index (χ1) is 9.95. The minimum absolute atomic E-state index is 0.307. The van der Waals surface area contributed by atoms with Gasteiger partial charge in [-0.25, -0.2) is 0 Å². The van der Waals surface area contributed by atoms with Crippen molar-refractivity contribution in [1.29, 1.82) is 0 Å². The molecule has 104 valence electrons. The van der Waals surface area contributed by atoms with Crippen LogP contribution in [0, 0.1) is 0 Å². The molecule has 1 unspecified atom stereocenters. The van der Waals surface area contributed by atoms with E-state index in [9.17, 15) is 0 Å². The summed E-state index contributed by atoms with van der Waals surface area (Å²) in [7, 11) is 0. The van der Waals surface area contributed by atoms with Crippen molar-refractivity contribution in [3.8, 4) is 22.3 Å². The Morgan fingerprint density at radius 1 is 0.850 bits per heavy atom. The van der Waals surface area contributed by atoms with Gasteiger partial charge >= 0.3 is 0 Å². The van der Waals surface area contributed by atoms with E-state index in [0.717, 1.165) is 6.61 Å². The van der Waals surface area contributed by atoms with Crippen molar-refractivity contribution in [2.24, 2.45) is 11.7 Å². The summed E-state index contributed by atoms with van der Waals surface area (Å²) >= 11 is 0. The van der Waals surface area contributed by atoms with E-state index >= 15 is 0 Å². The number of hydrogen-bond donors (Lipinski definition) is 2. The van der Waals surface area contributed by atoms with Crippen molar-refractivity contribution < 1.29 is 4.74 Å². The maximum atomic E-state index is 5.95. The summed E-state index contributed by atoms with van der Waals surface area (Å²) in [5.41, 5.74) is 7.02. The van der Waals surface area contributed by atoms with Crippen LogP contribution in [0.2, 0.25) is 0 Å². The van der Waals surface area contributed by atoms with Gasteiger partial charge < -0.3 is 4.74 Å². The van der Waals surface area contributed by atoms with E-state index in [-0.39, 0.29) is 0 Å². The number of hydrogen-bond acceptors (Lipinski definition) is 3. The Bertz CT molecular complexity index is 604. The summed E-state index contributed by atoms with van der Waals surface area (Å²) in [6.45, 7) is 0.913. The second-order valence-electron chi connectivity index (χ2n) is 5.17. The predicted molar refractivity (Wildman–Crippen MR) is 81.8 cm³/mol. The summed E-state index contributed by atoms with van der Waals surface area (Å²) in [4.78, 5) is 0. The van der Waals surface area contributed by atoms with Crippen molar-refractivity contribution in [3.63, 3.8) is 0 Å². The molecule has 3 heteroatoms. The smallest absolute Gasteiger partial charge is 0.0831 e. The number of ether oxygens (including phenoxy) is 1. The van der Waals surface area contributed by atoms with Crippen LogP contribution in [0.25, 0.3) is 22.3 Å². The highest BCUT2D eigenvalue weighted by atomic mass is 16.5. The van der Waals surface area contributed by atoms with Gasteiger partial charge in [-0.15, -0.1) is 0 Å². The van der Waals surface area contributed by atoms with Gasteiger partial charge in [0, 0.05) is 6.61 Å². The van der Waals surface area contributed by atoms with Crippen molar-refractivity contribution in [1.82, 2.24) is 0 Å². The first kappa shape index (κ1) is 13.3. The third-order valence-electron chi connectivity index (χ3n) is 4.11. The third kappa shape index (κ3) is 2.04. The molecule has 4 rings (SSSR count). The molecular weight excluding hydrogens is 248 g/mol. The zero-order valence-electron chi connectivity index (χ0n) is 11.5. The molecule has 0 bridgehead atoms. The molecule has 0 radical (unpaired) electrons. The van der Waals surface area contributed by atoms with Crippen LogP contribution < -0.4 is 11.7 Å². The highest BCUT2D eigenvalue weighted by Crippen LogP contribution is 2.51. The summed E-state index contributed by atoms with van der Waals surface area (Å²) in [5.74, 6) is 8.00. The number of fused-ring (bicyclic) bond motifs is 4. The fourth-order valence-electron chi connectivity index (χ4n) is 3.22. The average molecular weight is 268 g/mol. The molecule has 0 saturated carbocycles. The van der Waals surface area contributed by atoms with E-state index in [1.165, 1.54) is 47.1 Å². The van der Waals surface area contributed by atoms with Gasteiger partial charge in [0.25, 0.3) is 0 Å². The molecule has 1 fully saturated rings. The lowest BCUT2D eigenvalue weighted by Gasteiger charge is -2.31. The Hall–Kier alpha value is -1.68. The average Bonchev–Trinajstić information content (AvgIpc) is 2.54. The van der Waals surface area contributed by atoms with E-state index in [1.54, 1.807) is 0 Å². The topological polar surface area (TPSA) is 61.3 Å². The molecule has 1 heterocycles. The molecule has 4 N–H and O–H groups in total. The summed E-state index contributed by atoms with van der Waals surface area (Å²) in [5, 5.41) is 0. The van der Waals surface area contributed by atoms with Gasteiger partial charge in [0.1, 0.15) is 0 Å². The van der Waals surface area contributed by atoms with E-state index in [1.807, 2.05) is 0 Å². The van der Waals surface area contributed by atoms with Crippen LogP contribution in [0.15, 0.2) is 42.5 Å². The fourth-order valence-corrected chi connectivity index (χ4v) is 3.22. The van der Waals surface area contributed by atoms with Crippen molar-refractivity contribution in [3.05, 3.63) is 48.0 Å². The lowest BCUT2D eigenvalue weighted by molar-refractivity contribution is 0.0153. The van der Waals surface area contributed by atoms with Gasteiger partial charge in [0.15, 0.2) is 0 Å². The highest BCUT2D eigenvalue weighted by Gasteiger charge is 2.28. The third-order valence-corrected chi connectivity index (χ3v) is 4.11. The van der Waals surface area contributed by atoms with Crippen LogP contribution in [-0.2, 0) is 4.74 Å². The van der Waals surface area contributed by atoms with Crippen LogP contribution in [-0.4, -0.2) is 6.61 Å². The van der Waals surface area contributed by atoms with Crippen LogP contribution in [0.3, 0.4) is 0 Å². The summed E-state index contributed by atoms with van der Waals surface area (Å²) in [6.07, 6.45) is 3.97. The van der Waals surface area contributed by atoms with E-state index in [4.69, 9.17) is 4.74 Å². The van der Waals surface area contributed by atoms with Crippen molar-refractivity contribution >= 4 is 0 Å². The number of hydrazine groups is 1. The second-order valence-corrected chi connectivity index (χ2v) is 5.17. The Morgan fingerprint density at radius 2 is 1.60 bits per heavy atom. The molecule has 20 heavy (non-hydrogen) atoms. The van der Waals surface area contributed by atoms with Crippen LogP contribution >= 0.6 is 0 Å². The van der Waals surface area contributed by atoms with Gasteiger partial charge in [0.05, 0.1) is 6.10 Å². The molecule has 1 atom stereocenters. The van der Waals surface area contributed by atoms with E-state index in [2.05, 4.69) is 54.1 Å². The normalized spacial score (nSPS) is 19.0. The standard InChI is InChI=1S/C17H16O.H4N2/c1-2-7-13-12(6-1)14-8-5-9-15(17(13)14)16-10-3-4-11-18-16;1-2/h1-2,5-9,16H,3-4,10-11H2;1-2H2. The minimum Gasteiger partial charge on any atom is -0.374 e. The molecule has 1 saturated heterocycles. The monoisotopic (exact) mass is 268 g/mol. The zero-order chi connectivity index (χ0) is 13.9. The van der Waals surface area contributed by atoms with Crippen molar-refractivity contribution in [2.45, 2.75) is 25.4 Å². The number of rotatable bonds is 1. The number of nitrogens with two attached hydrogens (primary N) is 2. The van der Waals surface area contributed by atoms with E-state index < -0.39 is 0 Å². The molecule has 0 spiro atoms. The molecule has 1 aliphatic heterocycles. The van der Waals surface area contributed by atoms with E-state index in [0.29, 0.717) is 6.10 Å². The largest absolute Gasteiger partial charge is 0.374 e. The number of benzene rings is 2. The Morgan fingerprint density at radius 3 is 2.35 bits per heavy atom. The summed E-state index contributed by atoms with van der Waals surface area (Å²) < 4.78 is 5.95. The SMILES string of the molecule is NN.c1ccc2c(c1)-c1cccc(C3CCCCO3)c1-2. The quantitative estimate of drug-likeness (QED) is 0.525. The first-order valence-corrected chi connectivity index (χ1v) is 7.13. The highest BCUT2D eigenvalue weighted by molar-refractivity contribution is 6.03. The first-order valence-electron chi connectivity index (χ1n) is 7.13. The maximum Gasteiger partial charge on any atom is 0.0831 e.